The average Bonchev–Trinajstić information content (AvgIpc) is 3.27. The molecule has 0 bridgehead atoms. The molecule has 1 heterocycles. The molecule has 0 aromatic heterocycles. The molecule has 29 heavy (non-hydrogen) atoms. The molecule has 0 saturated heterocycles. The van der Waals surface area contributed by atoms with E-state index in [1.165, 1.54) is 12.1 Å². The standard InChI is InChI=1S/C20H21BrN2O5S/c21-14-3-6-16(7-4-14)29(25,26)22-12-9-19(24)23-15-5-8-17-18(13-15)28-20(27-17)10-1-2-11-20/h3-8,13,22H,1-2,9-12H2,(H,23,24). The van der Waals surface area contributed by atoms with Gasteiger partial charge < -0.3 is 14.8 Å². The number of benzene rings is 2. The monoisotopic (exact) mass is 480 g/mol. The number of nitrogens with one attached hydrogen (secondary N) is 2. The molecule has 1 fully saturated rings. The van der Waals surface area contributed by atoms with Crippen molar-refractivity contribution in [2.45, 2.75) is 42.8 Å². The lowest BCUT2D eigenvalue weighted by molar-refractivity contribution is -0.116. The molecule has 4 rings (SSSR count). The lowest BCUT2D eigenvalue weighted by Crippen LogP contribution is -2.34. The van der Waals surface area contributed by atoms with Gasteiger partial charge in [-0.15, -0.1) is 0 Å². The highest BCUT2D eigenvalue weighted by molar-refractivity contribution is 9.10. The number of hydrogen-bond donors (Lipinski definition) is 2. The number of halogens is 1. The smallest absolute Gasteiger partial charge is 0.251 e. The van der Waals surface area contributed by atoms with Gasteiger partial charge in [-0.3, -0.25) is 4.79 Å². The maximum Gasteiger partial charge on any atom is 0.251 e. The first-order valence-corrected chi connectivity index (χ1v) is 11.7. The molecule has 2 aliphatic rings. The Kier molecular flexibility index (Phi) is 5.54. The molecule has 2 aromatic carbocycles. The van der Waals surface area contributed by atoms with Crippen LogP contribution in [0.2, 0.25) is 0 Å². The predicted octanol–water partition coefficient (Wildman–Crippen LogP) is 3.80. The van der Waals surface area contributed by atoms with Crippen LogP contribution in [0, 0.1) is 0 Å². The minimum atomic E-state index is -3.65. The Balaban J connectivity index is 1.30. The maximum absolute atomic E-state index is 12.2. The summed E-state index contributed by atoms with van der Waals surface area (Å²) in [4.78, 5) is 12.4. The summed E-state index contributed by atoms with van der Waals surface area (Å²) in [6.07, 6.45) is 3.89. The second-order valence-corrected chi connectivity index (χ2v) is 9.82. The molecular weight excluding hydrogens is 460 g/mol. The molecular formula is C20H21BrN2O5S. The third-order valence-electron chi connectivity index (χ3n) is 4.95. The largest absolute Gasteiger partial charge is 0.448 e. The molecule has 1 spiro atoms. The number of ether oxygens (including phenoxy) is 2. The zero-order valence-electron chi connectivity index (χ0n) is 15.6. The van der Waals surface area contributed by atoms with Gasteiger partial charge in [0.15, 0.2) is 11.5 Å². The van der Waals surface area contributed by atoms with Gasteiger partial charge in [-0.05, 0) is 49.2 Å². The maximum atomic E-state index is 12.2. The van der Waals surface area contributed by atoms with E-state index >= 15 is 0 Å². The SMILES string of the molecule is O=C(CCNS(=O)(=O)c1ccc(Br)cc1)Nc1ccc2c(c1)OC1(CCCC1)O2. The van der Waals surface area contributed by atoms with Gasteiger partial charge in [0.2, 0.25) is 15.9 Å². The topological polar surface area (TPSA) is 93.7 Å². The fourth-order valence-electron chi connectivity index (χ4n) is 3.51. The summed E-state index contributed by atoms with van der Waals surface area (Å²) in [5.41, 5.74) is 0.586. The van der Waals surface area contributed by atoms with Gasteiger partial charge in [0, 0.05) is 42.0 Å². The predicted molar refractivity (Wildman–Crippen MR) is 111 cm³/mol. The van der Waals surface area contributed by atoms with Crippen LogP contribution < -0.4 is 19.5 Å². The van der Waals surface area contributed by atoms with Gasteiger partial charge in [-0.2, -0.15) is 0 Å². The first-order valence-electron chi connectivity index (χ1n) is 9.42. The Morgan fingerprint density at radius 1 is 1.03 bits per heavy atom. The highest BCUT2D eigenvalue weighted by atomic mass is 79.9. The third-order valence-corrected chi connectivity index (χ3v) is 6.96. The van der Waals surface area contributed by atoms with E-state index < -0.39 is 15.8 Å². The first-order chi connectivity index (χ1) is 13.9. The molecule has 1 aliphatic heterocycles. The molecule has 2 aromatic rings. The van der Waals surface area contributed by atoms with E-state index in [0.29, 0.717) is 17.2 Å². The van der Waals surface area contributed by atoms with Crippen LogP contribution in [-0.2, 0) is 14.8 Å². The second kappa shape index (κ2) is 7.97. The lowest BCUT2D eigenvalue weighted by Gasteiger charge is -2.21. The van der Waals surface area contributed by atoms with Crippen LogP contribution in [0.4, 0.5) is 5.69 Å². The van der Waals surface area contributed by atoms with Crippen molar-refractivity contribution in [2.24, 2.45) is 0 Å². The molecule has 1 amide bonds. The molecule has 1 saturated carbocycles. The number of anilines is 1. The van der Waals surface area contributed by atoms with Crippen molar-refractivity contribution >= 4 is 37.5 Å². The number of sulfonamides is 1. The van der Waals surface area contributed by atoms with E-state index in [0.717, 1.165) is 30.2 Å². The zero-order chi connectivity index (χ0) is 20.5. The summed E-state index contributed by atoms with van der Waals surface area (Å²) in [5.74, 6) is 0.474. The van der Waals surface area contributed by atoms with Gasteiger partial charge in [0.1, 0.15) is 0 Å². The number of amides is 1. The van der Waals surface area contributed by atoms with E-state index in [1.54, 1.807) is 30.3 Å². The molecule has 9 heteroatoms. The van der Waals surface area contributed by atoms with E-state index in [2.05, 4.69) is 26.0 Å². The van der Waals surface area contributed by atoms with Crippen molar-refractivity contribution in [3.8, 4) is 11.5 Å². The van der Waals surface area contributed by atoms with E-state index in [9.17, 15) is 13.2 Å². The van der Waals surface area contributed by atoms with Gasteiger partial charge >= 0.3 is 0 Å². The zero-order valence-corrected chi connectivity index (χ0v) is 18.0. The van der Waals surface area contributed by atoms with Gasteiger partial charge in [-0.25, -0.2) is 13.1 Å². The third kappa shape index (κ3) is 4.57. The van der Waals surface area contributed by atoms with Crippen LogP contribution in [0.5, 0.6) is 11.5 Å². The Hall–Kier alpha value is -2.10. The summed E-state index contributed by atoms with van der Waals surface area (Å²) in [5, 5.41) is 2.77. The highest BCUT2D eigenvalue weighted by Crippen LogP contribution is 2.47. The molecule has 0 radical (unpaired) electrons. The van der Waals surface area contributed by atoms with Gasteiger partial charge in [-0.1, -0.05) is 15.9 Å². The molecule has 0 atom stereocenters. The minimum absolute atomic E-state index is 0.00209. The Morgan fingerprint density at radius 3 is 2.45 bits per heavy atom. The van der Waals surface area contributed by atoms with Crippen LogP contribution in [0.1, 0.15) is 32.1 Å². The highest BCUT2D eigenvalue weighted by Gasteiger charge is 2.44. The van der Waals surface area contributed by atoms with Crippen LogP contribution in [-0.4, -0.2) is 26.7 Å². The van der Waals surface area contributed by atoms with Gasteiger partial charge in [0.25, 0.3) is 5.79 Å². The molecule has 7 nitrogen and oxygen atoms in total. The quantitative estimate of drug-likeness (QED) is 0.655. The molecule has 0 unspecified atom stereocenters. The van der Waals surface area contributed by atoms with Gasteiger partial charge in [0.05, 0.1) is 4.90 Å². The fraction of sp³-hybridized carbons (Fsp3) is 0.350. The number of rotatable bonds is 6. The minimum Gasteiger partial charge on any atom is -0.448 e. The normalized spacial score (nSPS) is 16.9. The number of carbonyl (C=O) groups excluding carboxylic acids is 1. The Morgan fingerprint density at radius 2 is 1.72 bits per heavy atom. The summed E-state index contributed by atoms with van der Waals surface area (Å²) in [6, 6.07) is 11.6. The van der Waals surface area contributed by atoms with Crippen LogP contribution in [0.15, 0.2) is 51.8 Å². The lowest BCUT2D eigenvalue weighted by atomic mass is 10.2. The number of carbonyl (C=O) groups is 1. The number of fused-ring (bicyclic) bond motifs is 1. The van der Waals surface area contributed by atoms with E-state index in [4.69, 9.17) is 9.47 Å². The molecule has 2 N–H and O–H groups in total. The van der Waals surface area contributed by atoms with Crippen molar-refractivity contribution in [3.05, 3.63) is 46.9 Å². The Labute approximate surface area is 178 Å². The van der Waals surface area contributed by atoms with Crippen molar-refractivity contribution in [1.29, 1.82) is 0 Å². The summed E-state index contributed by atoms with van der Waals surface area (Å²) >= 11 is 3.27. The Bertz CT molecular complexity index is 1020. The van der Waals surface area contributed by atoms with E-state index in [1.807, 2.05) is 0 Å². The summed E-state index contributed by atoms with van der Waals surface area (Å²) in [6.45, 7) is -0.00209. The number of hydrogen-bond acceptors (Lipinski definition) is 5. The van der Waals surface area contributed by atoms with Crippen LogP contribution in [0.3, 0.4) is 0 Å². The second-order valence-electron chi connectivity index (χ2n) is 7.13. The summed E-state index contributed by atoms with van der Waals surface area (Å²) < 4.78 is 39.7. The van der Waals surface area contributed by atoms with Crippen LogP contribution in [0.25, 0.3) is 0 Å². The van der Waals surface area contributed by atoms with Crippen molar-refractivity contribution in [2.75, 3.05) is 11.9 Å². The van der Waals surface area contributed by atoms with Crippen LogP contribution >= 0.6 is 15.9 Å². The average molecular weight is 481 g/mol. The van der Waals surface area contributed by atoms with E-state index in [-0.39, 0.29) is 23.8 Å². The molecule has 154 valence electrons. The summed E-state index contributed by atoms with van der Waals surface area (Å²) in [7, 11) is -3.65. The fourth-order valence-corrected chi connectivity index (χ4v) is 4.80. The van der Waals surface area contributed by atoms with Crippen molar-refractivity contribution in [1.82, 2.24) is 4.72 Å². The van der Waals surface area contributed by atoms with Crippen molar-refractivity contribution < 1.29 is 22.7 Å². The molecule has 1 aliphatic carbocycles. The first kappa shape index (κ1) is 20.2. The van der Waals surface area contributed by atoms with Crippen molar-refractivity contribution in [3.63, 3.8) is 0 Å².